The van der Waals surface area contributed by atoms with Crippen molar-refractivity contribution in [1.82, 2.24) is 0 Å². The third-order valence-corrected chi connectivity index (χ3v) is 2.65. The molecule has 0 N–H and O–H groups in total. The molecule has 0 radical (unpaired) electrons. The molecule has 5 heteroatoms. The van der Waals surface area contributed by atoms with Crippen LogP contribution in [-0.4, -0.2) is 7.11 Å². The van der Waals surface area contributed by atoms with E-state index < -0.39 is 23.3 Å². The van der Waals surface area contributed by atoms with E-state index in [9.17, 15) is 17.6 Å². The van der Waals surface area contributed by atoms with Gasteiger partial charge in [0, 0.05) is 0 Å². The number of hydrogen-bond donors (Lipinski definition) is 0. The molecule has 1 nitrogen and oxygen atoms in total. The fourth-order valence-corrected chi connectivity index (χ4v) is 1.65. The minimum atomic E-state index is -1.52. The first-order chi connectivity index (χ1) is 9.51. The summed E-state index contributed by atoms with van der Waals surface area (Å²) in [4.78, 5) is 0. The number of benzene rings is 2. The van der Waals surface area contributed by atoms with Gasteiger partial charge < -0.3 is 4.74 Å². The molecule has 104 valence electrons. The molecule has 0 fully saturated rings. The maximum atomic E-state index is 13.4. The van der Waals surface area contributed by atoms with Crippen LogP contribution in [0.1, 0.15) is 11.1 Å². The molecule has 2 rings (SSSR count). The molecule has 0 heterocycles. The Bertz CT molecular complexity index is 642. The molecule has 0 saturated heterocycles. The van der Waals surface area contributed by atoms with Crippen molar-refractivity contribution < 1.29 is 22.3 Å². The molecule has 2 aromatic rings. The summed E-state index contributed by atoms with van der Waals surface area (Å²) in [5.41, 5.74) is 0.617. The van der Waals surface area contributed by atoms with E-state index in [1.807, 2.05) is 0 Å². The minimum absolute atomic E-state index is 0.0982. The molecule has 0 bridgehead atoms. The zero-order chi connectivity index (χ0) is 14.7. The second-order valence-electron chi connectivity index (χ2n) is 4.03. The summed E-state index contributed by atoms with van der Waals surface area (Å²) in [6.45, 7) is 0. The maximum Gasteiger partial charge on any atom is 0.194 e. The third-order valence-electron chi connectivity index (χ3n) is 2.65. The maximum absolute atomic E-state index is 13.4. The quantitative estimate of drug-likeness (QED) is 0.460. The van der Waals surface area contributed by atoms with Gasteiger partial charge in [-0.15, -0.1) is 0 Å². The highest BCUT2D eigenvalue weighted by Gasteiger charge is 2.09. The fourth-order valence-electron chi connectivity index (χ4n) is 1.65. The first kappa shape index (κ1) is 14.1. The van der Waals surface area contributed by atoms with Gasteiger partial charge in [0.2, 0.25) is 0 Å². The normalized spacial score (nSPS) is 11.1. The second kappa shape index (κ2) is 5.77. The minimum Gasteiger partial charge on any atom is -0.494 e. The lowest BCUT2D eigenvalue weighted by Crippen LogP contribution is -1.91. The van der Waals surface area contributed by atoms with Gasteiger partial charge in [-0.05, 0) is 35.4 Å². The van der Waals surface area contributed by atoms with Crippen molar-refractivity contribution in [2.75, 3.05) is 7.11 Å². The van der Waals surface area contributed by atoms with Gasteiger partial charge in [-0.3, -0.25) is 0 Å². The van der Waals surface area contributed by atoms with Crippen LogP contribution in [0.4, 0.5) is 17.6 Å². The lowest BCUT2D eigenvalue weighted by Gasteiger charge is -2.02. The summed E-state index contributed by atoms with van der Waals surface area (Å²) >= 11 is 0. The van der Waals surface area contributed by atoms with Crippen LogP contribution in [0.25, 0.3) is 12.2 Å². The van der Waals surface area contributed by atoms with Crippen LogP contribution >= 0.6 is 0 Å². The van der Waals surface area contributed by atoms with E-state index in [1.54, 1.807) is 6.07 Å². The molecule has 0 aromatic heterocycles. The van der Waals surface area contributed by atoms with E-state index in [2.05, 4.69) is 0 Å². The van der Waals surface area contributed by atoms with Crippen molar-refractivity contribution in [3.8, 4) is 5.75 Å². The zero-order valence-electron chi connectivity index (χ0n) is 10.5. The van der Waals surface area contributed by atoms with E-state index in [0.717, 1.165) is 12.1 Å². The number of hydrogen-bond acceptors (Lipinski definition) is 1. The first-order valence-corrected chi connectivity index (χ1v) is 5.67. The van der Waals surface area contributed by atoms with Gasteiger partial charge in [-0.25, -0.2) is 17.6 Å². The Balaban J connectivity index is 2.27. The predicted molar refractivity (Wildman–Crippen MR) is 68.2 cm³/mol. The van der Waals surface area contributed by atoms with Crippen molar-refractivity contribution in [3.05, 3.63) is 64.7 Å². The Labute approximate surface area is 113 Å². The highest BCUT2D eigenvalue weighted by atomic mass is 19.2. The van der Waals surface area contributed by atoms with Gasteiger partial charge in [0.15, 0.2) is 29.0 Å². The standard InChI is InChI=1S/C15H10F4O/c1-20-14-5-4-9(6-11(14)16)2-3-10-7-12(17)15(19)13(18)8-10/h2-8H,1H3/b3-2+. The van der Waals surface area contributed by atoms with Crippen LogP contribution in [0, 0.1) is 23.3 Å². The lowest BCUT2D eigenvalue weighted by atomic mass is 10.1. The third kappa shape index (κ3) is 2.99. The predicted octanol–water partition coefficient (Wildman–Crippen LogP) is 4.42. The Hall–Kier alpha value is -2.30. The van der Waals surface area contributed by atoms with Gasteiger partial charge >= 0.3 is 0 Å². The van der Waals surface area contributed by atoms with Gasteiger partial charge in [-0.1, -0.05) is 18.2 Å². The molecule has 20 heavy (non-hydrogen) atoms. The summed E-state index contributed by atoms with van der Waals surface area (Å²) < 4.78 is 57.0. The topological polar surface area (TPSA) is 9.23 Å². The van der Waals surface area contributed by atoms with Crippen LogP contribution in [-0.2, 0) is 0 Å². The Kier molecular flexibility index (Phi) is 4.08. The monoisotopic (exact) mass is 282 g/mol. The molecule has 0 aliphatic carbocycles. The van der Waals surface area contributed by atoms with Crippen molar-refractivity contribution in [2.45, 2.75) is 0 Å². The van der Waals surface area contributed by atoms with Crippen molar-refractivity contribution in [2.24, 2.45) is 0 Å². The SMILES string of the molecule is COc1ccc(/C=C/c2cc(F)c(F)c(F)c2)cc1F. The molecule has 0 aliphatic rings. The zero-order valence-corrected chi connectivity index (χ0v) is 10.5. The van der Waals surface area contributed by atoms with E-state index >= 15 is 0 Å². The number of rotatable bonds is 3. The summed E-state index contributed by atoms with van der Waals surface area (Å²) in [6, 6.07) is 5.94. The largest absolute Gasteiger partial charge is 0.494 e. The van der Waals surface area contributed by atoms with E-state index in [0.29, 0.717) is 5.56 Å². The molecular weight excluding hydrogens is 272 g/mol. The molecule has 0 amide bonds. The van der Waals surface area contributed by atoms with Gasteiger partial charge in [-0.2, -0.15) is 0 Å². The average Bonchev–Trinajstić information content (AvgIpc) is 2.42. The fraction of sp³-hybridized carbons (Fsp3) is 0.0667. The first-order valence-electron chi connectivity index (χ1n) is 5.67. The summed E-state index contributed by atoms with van der Waals surface area (Å²) in [6.07, 6.45) is 2.81. The van der Waals surface area contributed by atoms with Crippen LogP contribution < -0.4 is 4.74 Å². The van der Waals surface area contributed by atoms with Crippen molar-refractivity contribution >= 4 is 12.2 Å². The summed E-state index contributed by atoms with van der Waals surface area (Å²) in [7, 11) is 1.35. The molecule has 0 unspecified atom stereocenters. The van der Waals surface area contributed by atoms with E-state index in [-0.39, 0.29) is 11.3 Å². The average molecular weight is 282 g/mol. The Morgan fingerprint density at radius 1 is 0.800 bits per heavy atom. The Morgan fingerprint density at radius 2 is 1.35 bits per heavy atom. The summed E-state index contributed by atoms with van der Waals surface area (Å²) in [5.74, 6) is -4.51. The number of ether oxygens (including phenoxy) is 1. The molecule has 0 saturated carbocycles. The van der Waals surface area contributed by atoms with Crippen LogP contribution in [0.3, 0.4) is 0 Å². The number of methoxy groups -OCH3 is 1. The number of halogens is 4. The van der Waals surface area contributed by atoms with E-state index in [4.69, 9.17) is 4.74 Å². The Morgan fingerprint density at radius 3 is 1.90 bits per heavy atom. The van der Waals surface area contributed by atoms with Crippen LogP contribution in [0.5, 0.6) is 5.75 Å². The molecule has 0 atom stereocenters. The van der Waals surface area contributed by atoms with Crippen LogP contribution in [0.2, 0.25) is 0 Å². The second-order valence-corrected chi connectivity index (χ2v) is 4.03. The smallest absolute Gasteiger partial charge is 0.194 e. The lowest BCUT2D eigenvalue weighted by molar-refractivity contribution is 0.386. The molecule has 0 spiro atoms. The van der Waals surface area contributed by atoms with Gasteiger partial charge in [0.05, 0.1) is 7.11 Å². The van der Waals surface area contributed by atoms with Crippen molar-refractivity contribution in [1.29, 1.82) is 0 Å². The van der Waals surface area contributed by atoms with Gasteiger partial charge in [0.25, 0.3) is 0 Å². The molecule has 0 aliphatic heterocycles. The van der Waals surface area contributed by atoms with E-state index in [1.165, 1.54) is 31.4 Å². The van der Waals surface area contributed by atoms with Gasteiger partial charge in [0.1, 0.15) is 0 Å². The highest BCUT2D eigenvalue weighted by molar-refractivity contribution is 5.70. The molecule has 2 aromatic carbocycles. The highest BCUT2D eigenvalue weighted by Crippen LogP contribution is 2.20. The van der Waals surface area contributed by atoms with Crippen molar-refractivity contribution in [3.63, 3.8) is 0 Å². The molecular formula is C15H10F4O. The van der Waals surface area contributed by atoms with Crippen LogP contribution in [0.15, 0.2) is 30.3 Å². The summed E-state index contributed by atoms with van der Waals surface area (Å²) in [5, 5.41) is 0.